The van der Waals surface area contributed by atoms with Crippen LogP contribution in [0.25, 0.3) is 0 Å². The lowest BCUT2D eigenvalue weighted by Gasteiger charge is -2.37. The Labute approximate surface area is 194 Å². The van der Waals surface area contributed by atoms with Crippen molar-refractivity contribution in [2.45, 2.75) is 42.4 Å². The van der Waals surface area contributed by atoms with E-state index in [1.807, 2.05) is 23.6 Å². The number of thiazole rings is 1. The van der Waals surface area contributed by atoms with Crippen LogP contribution >= 0.6 is 34.9 Å². The highest BCUT2D eigenvalue weighted by atomic mass is 35.5. The van der Waals surface area contributed by atoms with E-state index in [2.05, 4.69) is 27.2 Å². The largest absolute Gasteiger partial charge is 0.384 e. The van der Waals surface area contributed by atoms with Gasteiger partial charge in [0.05, 0.1) is 15.6 Å². The fraction of sp³-hybridized carbons (Fsp3) is 0.304. The summed E-state index contributed by atoms with van der Waals surface area (Å²) in [5.41, 5.74) is 1.80. The number of anilines is 2. The van der Waals surface area contributed by atoms with E-state index in [4.69, 9.17) is 11.6 Å². The number of benzene rings is 2. The van der Waals surface area contributed by atoms with Crippen LogP contribution in [0.1, 0.15) is 37.7 Å². The zero-order valence-corrected chi connectivity index (χ0v) is 19.3. The second-order valence-electron chi connectivity index (χ2n) is 7.67. The van der Waals surface area contributed by atoms with Crippen molar-refractivity contribution in [1.29, 1.82) is 0 Å². The molecule has 1 heterocycles. The minimum absolute atomic E-state index is 0.0411. The third-order valence-corrected chi connectivity index (χ3v) is 7.73. The molecule has 0 unspecified atom stereocenters. The molecular formula is C23H23ClFN3OS2. The highest BCUT2D eigenvalue weighted by Crippen LogP contribution is 2.41. The van der Waals surface area contributed by atoms with Crippen molar-refractivity contribution < 1.29 is 9.18 Å². The molecule has 1 aromatic heterocycles. The number of nitrogens with zero attached hydrogens (tertiary/aromatic N) is 1. The minimum Gasteiger partial charge on any atom is -0.384 e. The van der Waals surface area contributed by atoms with Crippen LogP contribution in [-0.2, 0) is 10.2 Å². The lowest BCUT2D eigenvalue weighted by Crippen LogP contribution is -2.34. The van der Waals surface area contributed by atoms with Crippen molar-refractivity contribution >= 4 is 51.5 Å². The van der Waals surface area contributed by atoms with E-state index in [-0.39, 0.29) is 11.2 Å². The summed E-state index contributed by atoms with van der Waals surface area (Å²) in [6, 6.07) is 13.4. The van der Waals surface area contributed by atoms with E-state index >= 15 is 0 Å². The summed E-state index contributed by atoms with van der Waals surface area (Å²) in [6.07, 6.45) is 5.46. The molecule has 4 nitrogen and oxygen atoms in total. The topological polar surface area (TPSA) is 54.0 Å². The highest BCUT2D eigenvalue weighted by Gasteiger charge is 2.35. The number of hydrogen-bond acceptors (Lipinski definition) is 6. The SMILES string of the molecule is O=C1CCC(CCNc2cc(F)c(SNc3nccs3)cc2Cl)(c2ccccc2)CC1. The summed E-state index contributed by atoms with van der Waals surface area (Å²) >= 11 is 9.02. The van der Waals surface area contributed by atoms with Crippen LogP contribution < -0.4 is 10.0 Å². The number of carbonyl (C=O) groups is 1. The molecule has 4 rings (SSSR count). The number of nitrogens with one attached hydrogen (secondary N) is 2. The molecule has 0 aliphatic heterocycles. The van der Waals surface area contributed by atoms with Gasteiger partial charge in [-0.3, -0.25) is 4.79 Å². The molecule has 0 saturated heterocycles. The van der Waals surface area contributed by atoms with Gasteiger partial charge in [-0.25, -0.2) is 9.37 Å². The molecule has 31 heavy (non-hydrogen) atoms. The normalized spacial score (nSPS) is 15.6. The maximum atomic E-state index is 14.6. The van der Waals surface area contributed by atoms with Crippen LogP contribution in [0.4, 0.5) is 15.2 Å². The van der Waals surface area contributed by atoms with Crippen molar-refractivity contribution in [3.8, 4) is 0 Å². The van der Waals surface area contributed by atoms with E-state index in [0.29, 0.717) is 45.9 Å². The van der Waals surface area contributed by atoms with E-state index < -0.39 is 0 Å². The highest BCUT2D eigenvalue weighted by molar-refractivity contribution is 8.00. The fourth-order valence-corrected chi connectivity index (χ4v) is 5.60. The second kappa shape index (κ2) is 10.0. The van der Waals surface area contributed by atoms with Crippen LogP contribution in [0.15, 0.2) is 58.9 Å². The monoisotopic (exact) mass is 475 g/mol. The maximum absolute atomic E-state index is 14.6. The molecule has 1 fully saturated rings. The fourth-order valence-electron chi connectivity index (χ4n) is 4.03. The van der Waals surface area contributed by atoms with Gasteiger partial charge in [0.1, 0.15) is 11.6 Å². The lowest BCUT2D eigenvalue weighted by atomic mass is 9.67. The molecule has 0 atom stereocenters. The standard InChI is InChI=1S/C23H23ClFN3OS2/c24-18-14-21(31-28-22-27-12-13-30-22)19(25)15-20(18)26-11-10-23(8-6-17(29)7-9-23)16-4-2-1-3-5-16/h1-5,12-15,26H,6-11H2,(H,27,28). The summed E-state index contributed by atoms with van der Waals surface area (Å²) in [6.45, 7) is 0.645. The summed E-state index contributed by atoms with van der Waals surface area (Å²) in [7, 11) is 0. The first-order valence-corrected chi connectivity index (χ1v) is 12.3. The zero-order valence-electron chi connectivity index (χ0n) is 16.9. The van der Waals surface area contributed by atoms with Crippen LogP contribution in [0, 0.1) is 5.82 Å². The van der Waals surface area contributed by atoms with Gasteiger partial charge in [0.15, 0.2) is 5.13 Å². The first-order valence-electron chi connectivity index (χ1n) is 10.2. The predicted octanol–water partition coefficient (Wildman–Crippen LogP) is 6.94. The Hall–Kier alpha value is -2.09. The van der Waals surface area contributed by atoms with Crippen molar-refractivity contribution in [1.82, 2.24) is 4.98 Å². The Balaban J connectivity index is 1.42. The molecule has 1 aliphatic carbocycles. The Morgan fingerprint density at radius 3 is 2.68 bits per heavy atom. The van der Waals surface area contributed by atoms with Crippen LogP contribution in [0.2, 0.25) is 5.02 Å². The molecule has 0 bridgehead atoms. The number of hydrogen-bond donors (Lipinski definition) is 2. The van der Waals surface area contributed by atoms with Crippen molar-refractivity contribution in [3.05, 3.63) is 70.4 Å². The number of aromatic nitrogens is 1. The Kier molecular flexibility index (Phi) is 7.15. The number of rotatable bonds is 8. The van der Waals surface area contributed by atoms with Gasteiger partial charge >= 0.3 is 0 Å². The molecule has 2 N–H and O–H groups in total. The van der Waals surface area contributed by atoms with Gasteiger partial charge in [0.2, 0.25) is 0 Å². The lowest BCUT2D eigenvalue weighted by molar-refractivity contribution is -0.121. The minimum atomic E-state index is -0.345. The molecule has 2 aromatic carbocycles. The Bertz CT molecular complexity index is 1020. The van der Waals surface area contributed by atoms with Crippen LogP contribution in [0.3, 0.4) is 0 Å². The molecule has 0 radical (unpaired) electrons. The molecule has 8 heteroatoms. The van der Waals surface area contributed by atoms with E-state index in [9.17, 15) is 9.18 Å². The summed E-state index contributed by atoms with van der Waals surface area (Å²) in [5.74, 6) is -0.00827. The van der Waals surface area contributed by atoms with Gasteiger partial charge in [-0.2, -0.15) is 0 Å². The average Bonchev–Trinajstić information content (AvgIpc) is 3.31. The Morgan fingerprint density at radius 1 is 1.19 bits per heavy atom. The van der Waals surface area contributed by atoms with Gasteiger partial charge in [-0.1, -0.05) is 41.9 Å². The van der Waals surface area contributed by atoms with Crippen LogP contribution in [0.5, 0.6) is 0 Å². The number of ketones is 1. The zero-order chi connectivity index (χ0) is 21.7. The molecule has 0 amide bonds. The van der Waals surface area contributed by atoms with Gasteiger partial charge < -0.3 is 10.0 Å². The summed E-state index contributed by atoms with van der Waals surface area (Å²) < 4.78 is 17.6. The van der Waals surface area contributed by atoms with Gasteiger partial charge in [0.25, 0.3) is 0 Å². The van der Waals surface area contributed by atoms with E-state index in [0.717, 1.165) is 31.2 Å². The summed E-state index contributed by atoms with van der Waals surface area (Å²) in [4.78, 5) is 16.4. The third kappa shape index (κ3) is 5.40. The maximum Gasteiger partial charge on any atom is 0.192 e. The molecule has 0 spiro atoms. The second-order valence-corrected chi connectivity index (χ2v) is 9.82. The number of Topliss-reactive ketones (excluding diaryl/α,β-unsaturated/α-hetero) is 1. The molecule has 1 saturated carbocycles. The van der Waals surface area contributed by atoms with Gasteiger partial charge in [-0.15, -0.1) is 11.3 Å². The first-order chi connectivity index (χ1) is 15.1. The van der Waals surface area contributed by atoms with E-state index in [1.54, 1.807) is 12.3 Å². The molecular weight excluding hydrogens is 453 g/mol. The average molecular weight is 476 g/mol. The van der Waals surface area contributed by atoms with Gasteiger partial charge in [-0.05, 0) is 54.3 Å². The first kappa shape index (κ1) is 22.1. The number of carbonyl (C=O) groups excluding carboxylic acids is 1. The van der Waals surface area contributed by atoms with Crippen molar-refractivity contribution in [2.75, 3.05) is 16.6 Å². The van der Waals surface area contributed by atoms with Crippen molar-refractivity contribution in [2.24, 2.45) is 0 Å². The third-order valence-electron chi connectivity index (χ3n) is 5.77. The summed E-state index contributed by atoms with van der Waals surface area (Å²) in [5, 5.41) is 6.34. The van der Waals surface area contributed by atoms with Crippen LogP contribution in [-0.4, -0.2) is 17.3 Å². The van der Waals surface area contributed by atoms with E-state index in [1.165, 1.54) is 23.0 Å². The smallest absolute Gasteiger partial charge is 0.192 e. The Morgan fingerprint density at radius 2 is 1.97 bits per heavy atom. The molecule has 1 aliphatic rings. The predicted molar refractivity (Wildman–Crippen MR) is 128 cm³/mol. The molecule has 3 aromatic rings. The van der Waals surface area contributed by atoms with Gasteiger partial charge in [0, 0.05) is 31.0 Å². The number of halogens is 2. The molecule has 162 valence electrons. The van der Waals surface area contributed by atoms with Crippen molar-refractivity contribution in [3.63, 3.8) is 0 Å². The quantitative estimate of drug-likeness (QED) is 0.345.